The number of benzene rings is 1. The normalized spacial score (nSPS) is 24.4. The minimum Gasteiger partial charge on any atom is -0.373 e. The second-order valence-corrected chi connectivity index (χ2v) is 10.2. The van der Waals surface area contributed by atoms with Crippen LogP contribution in [0.15, 0.2) is 23.1 Å². The summed E-state index contributed by atoms with van der Waals surface area (Å²) >= 11 is 6.18. The van der Waals surface area contributed by atoms with Gasteiger partial charge in [0.15, 0.2) is 0 Å². The fraction of sp³-hybridized carbons (Fsp3) is 0.650. The fourth-order valence-corrected chi connectivity index (χ4v) is 6.00. The average Bonchev–Trinajstić information content (AvgIpc) is 2.68. The molecule has 7 nitrogen and oxygen atoms in total. The lowest BCUT2D eigenvalue weighted by Crippen LogP contribution is -2.47. The predicted octanol–water partition coefficient (Wildman–Crippen LogP) is 2.35. The number of morpholine rings is 1. The lowest BCUT2D eigenvalue weighted by Gasteiger charge is -2.35. The van der Waals surface area contributed by atoms with E-state index in [2.05, 4.69) is 10.2 Å². The van der Waals surface area contributed by atoms with Crippen molar-refractivity contribution >= 4 is 27.5 Å². The van der Waals surface area contributed by atoms with Crippen molar-refractivity contribution in [3.05, 3.63) is 28.8 Å². The number of sulfonamides is 1. The van der Waals surface area contributed by atoms with Crippen LogP contribution in [0.1, 0.15) is 43.5 Å². The van der Waals surface area contributed by atoms with Gasteiger partial charge in [0.1, 0.15) is 4.90 Å². The predicted molar refractivity (Wildman–Crippen MR) is 113 cm³/mol. The standard InChI is InChI=1S/C20H30ClN3O4S/c1-15-13-23(14-16(2)28-15)11-8-22-20(25)17-6-7-18(21)19(12-17)29(26,27)24-9-4-3-5-10-24/h6-7,12,15-16H,3-5,8-11,13-14H2,1-2H3,(H,22,25). The van der Waals surface area contributed by atoms with E-state index in [1.807, 2.05) is 13.8 Å². The Balaban J connectivity index is 1.63. The Morgan fingerprint density at radius 1 is 1.17 bits per heavy atom. The molecule has 1 aromatic rings. The molecule has 0 aliphatic carbocycles. The topological polar surface area (TPSA) is 79.0 Å². The van der Waals surface area contributed by atoms with Crippen LogP contribution in [0.5, 0.6) is 0 Å². The Labute approximate surface area is 178 Å². The molecule has 2 heterocycles. The van der Waals surface area contributed by atoms with E-state index in [9.17, 15) is 13.2 Å². The molecule has 162 valence electrons. The van der Waals surface area contributed by atoms with E-state index in [1.54, 1.807) is 6.07 Å². The van der Waals surface area contributed by atoms with Gasteiger partial charge < -0.3 is 10.1 Å². The number of carbonyl (C=O) groups excluding carboxylic acids is 1. The first-order chi connectivity index (χ1) is 13.8. The van der Waals surface area contributed by atoms with Gasteiger partial charge in [-0.2, -0.15) is 4.31 Å². The number of carbonyl (C=O) groups is 1. The van der Waals surface area contributed by atoms with E-state index in [0.29, 0.717) is 25.2 Å². The van der Waals surface area contributed by atoms with Crippen LogP contribution in [-0.2, 0) is 14.8 Å². The maximum atomic E-state index is 13.0. The summed E-state index contributed by atoms with van der Waals surface area (Å²) in [6.45, 7) is 7.93. The van der Waals surface area contributed by atoms with Gasteiger partial charge in [0.2, 0.25) is 10.0 Å². The van der Waals surface area contributed by atoms with Crippen LogP contribution in [0.3, 0.4) is 0 Å². The van der Waals surface area contributed by atoms with Crippen molar-refractivity contribution in [1.82, 2.24) is 14.5 Å². The van der Waals surface area contributed by atoms with Crippen molar-refractivity contribution in [1.29, 1.82) is 0 Å². The second-order valence-electron chi connectivity index (χ2n) is 7.88. The summed E-state index contributed by atoms with van der Waals surface area (Å²) in [5.41, 5.74) is 0.300. The third kappa shape index (κ3) is 5.70. The number of hydrogen-bond acceptors (Lipinski definition) is 5. The van der Waals surface area contributed by atoms with Crippen molar-refractivity contribution in [2.75, 3.05) is 39.3 Å². The number of halogens is 1. The van der Waals surface area contributed by atoms with E-state index >= 15 is 0 Å². The molecule has 2 unspecified atom stereocenters. The molecule has 1 aromatic carbocycles. The van der Waals surface area contributed by atoms with E-state index in [0.717, 1.165) is 38.9 Å². The minimum atomic E-state index is -3.70. The van der Waals surface area contributed by atoms with Crippen molar-refractivity contribution in [3.8, 4) is 0 Å². The molecule has 3 rings (SSSR count). The van der Waals surface area contributed by atoms with Gasteiger partial charge in [0.25, 0.3) is 5.91 Å². The summed E-state index contributed by atoms with van der Waals surface area (Å²) in [5, 5.41) is 3.02. The van der Waals surface area contributed by atoms with Crippen LogP contribution in [0.4, 0.5) is 0 Å². The highest BCUT2D eigenvalue weighted by molar-refractivity contribution is 7.89. The second kappa shape index (κ2) is 9.75. The van der Waals surface area contributed by atoms with Gasteiger partial charge in [0.05, 0.1) is 17.2 Å². The highest BCUT2D eigenvalue weighted by Gasteiger charge is 2.29. The van der Waals surface area contributed by atoms with Crippen LogP contribution < -0.4 is 5.32 Å². The minimum absolute atomic E-state index is 0.00421. The largest absolute Gasteiger partial charge is 0.373 e. The molecule has 2 atom stereocenters. The highest BCUT2D eigenvalue weighted by Crippen LogP contribution is 2.27. The van der Waals surface area contributed by atoms with Gasteiger partial charge in [-0.25, -0.2) is 8.42 Å². The molecule has 0 radical (unpaired) electrons. The van der Waals surface area contributed by atoms with E-state index in [1.165, 1.54) is 16.4 Å². The number of rotatable bonds is 6. The molecular weight excluding hydrogens is 414 g/mol. The third-order valence-electron chi connectivity index (χ3n) is 5.34. The molecule has 2 fully saturated rings. The molecule has 0 aromatic heterocycles. The first kappa shape index (κ1) is 22.5. The van der Waals surface area contributed by atoms with E-state index in [4.69, 9.17) is 16.3 Å². The molecule has 2 saturated heterocycles. The number of hydrogen-bond donors (Lipinski definition) is 1. The third-order valence-corrected chi connectivity index (χ3v) is 7.72. The molecule has 9 heteroatoms. The summed E-state index contributed by atoms with van der Waals surface area (Å²) in [7, 11) is -3.70. The molecule has 1 amide bonds. The summed E-state index contributed by atoms with van der Waals surface area (Å²) in [6.07, 6.45) is 3.07. The maximum Gasteiger partial charge on any atom is 0.251 e. The SMILES string of the molecule is CC1CN(CCNC(=O)c2ccc(Cl)c(S(=O)(=O)N3CCCCC3)c2)CC(C)O1. The summed E-state index contributed by atoms with van der Waals surface area (Å²) in [5.74, 6) is -0.300. The Morgan fingerprint density at radius 3 is 2.48 bits per heavy atom. The van der Waals surface area contributed by atoms with E-state index in [-0.39, 0.29) is 28.0 Å². The molecule has 2 aliphatic heterocycles. The Morgan fingerprint density at radius 2 is 1.83 bits per heavy atom. The molecule has 0 bridgehead atoms. The maximum absolute atomic E-state index is 13.0. The number of piperidine rings is 1. The highest BCUT2D eigenvalue weighted by atomic mass is 35.5. The fourth-order valence-electron chi connectivity index (χ4n) is 3.98. The van der Waals surface area contributed by atoms with Crippen molar-refractivity contribution in [2.45, 2.75) is 50.2 Å². The molecule has 0 spiro atoms. The zero-order chi connectivity index (χ0) is 21.0. The summed E-state index contributed by atoms with van der Waals surface area (Å²) in [4.78, 5) is 14.8. The van der Waals surface area contributed by atoms with Crippen LogP contribution in [0.2, 0.25) is 5.02 Å². The average molecular weight is 444 g/mol. The quantitative estimate of drug-likeness (QED) is 0.730. The molecular formula is C20H30ClN3O4S. The lowest BCUT2D eigenvalue weighted by atomic mass is 10.2. The zero-order valence-corrected chi connectivity index (χ0v) is 18.6. The number of nitrogens with zero attached hydrogens (tertiary/aromatic N) is 2. The first-order valence-electron chi connectivity index (χ1n) is 10.2. The number of amides is 1. The summed E-state index contributed by atoms with van der Waals surface area (Å²) < 4.78 is 33.1. The Bertz CT molecular complexity index is 817. The van der Waals surface area contributed by atoms with Gasteiger partial charge in [-0.15, -0.1) is 0 Å². The van der Waals surface area contributed by atoms with Gasteiger partial charge >= 0.3 is 0 Å². The van der Waals surface area contributed by atoms with Crippen LogP contribution in [-0.4, -0.2) is 75.0 Å². The smallest absolute Gasteiger partial charge is 0.251 e. The van der Waals surface area contributed by atoms with Crippen molar-refractivity contribution in [2.24, 2.45) is 0 Å². The molecule has 1 N–H and O–H groups in total. The van der Waals surface area contributed by atoms with Crippen molar-refractivity contribution in [3.63, 3.8) is 0 Å². The van der Waals surface area contributed by atoms with Gasteiger partial charge in [-0.1, -0.05) is 18.0 Å². The van der Waals surface area contributed by atoms with Crippen molar-refractivity contribution < 1.29 is 17.9 Å². The zero-order valence-electron chi connectivity index (χ0n) is 17.1. The molecule has 2 aliphatic rings. The lowest BCUT2D eigenvalue weighted by molar-refractivity contribution is -0.0672. The Hall–Kier alpha value is -1.19. The van der Waals surface area contributed by atoms with Crippen LogP contribution in [0, 0.1) is 0 Å². The van der Waals surface area contributed by atoms with Gasteiger partial charge in [-0.05, 0) is 44.9 Å². The number of ether oxygens (including phenoxy) is 1. The summed E-state index contributed by atoms with van der Waals surface area (Å²) in [6, 6.07) is 4.44. The Kier molecular flexibility index (Phi) is 7.56. The van der Waals surface area contributed by atoms with E-state index < -0.39 is 10.0 Å². The van der Waals surface area contributed by atoms with Gasteiger partial charge in [0, 0.05) is 44.8 Å². The monoisotopic (exact) mass is 443 g/mol. The van der Waals surface area contributed by atoms with Crippen LogP contribution >= 0.6 is 11.6 Å². The number of nitrogens with one attached hydrogen (secondary N) is 1. The van der Waals surface area contributed by atoms with Crippen LogP contribution in [0.25, 0.3) is 0 Å². The first-order valence-corrected chi connectivity index (χ1v) is 12.0. The molecule has 29 heavy (non-hydrogen) atoms. The van der Waals surface area contributed by atoms with Gasteiger partial charge in [-0.3, -0.25) is 9.69 Å². The molecule has 0 saturated carbocycles.